The minimum absolute atomic E-state index is 0.111. The molecule has 0 radical (unpaired) electrons. The Morgan fingerprint density at radius 1 is 1.10 bits per heavy atom. The fourth-order valence-electron chi connectivity index (χ4n) is 2.65. The van der Waals surface area contributed by atoms with Crippen LogP contribution in [0, 0.1) is 0 Å². The highest BCUT2D eigenvalue weighted by atomic mass is 16.6. The normalized spacial score (nSPS) is 17.2. The number of benzene rings is 2. The molecule has 0 amide bonds. The average Bonchev–Trinajstić information content (AvgIpc) is 2.96. The van der Waals surface area contributed by atoms with Crippen molar-refractivity contribution >= 4 is 5.71 Å². The van der Waals surface area contributed by atoms with Crippen LogP contribution in [-0.4, -0.2) is 18.9 Å². The molecule has 1 unspecified atom stereocenters. The van der Waals surface area contributed by atoms with Crippen molar-refractivity contribution in [1.29, 1.82) is 0 Å². The molecular weight excluding hydrogens is 262 g/mol. The Morgan fingerprint density at radius 3 is 2.67 bits per heavy atom. The fraction of sp³-hybridized carbons (Fsp3) is 0.278. The number of para-hydroxylation sites is 1. The van der Waals surface area contributed by atoms with Gasteiger partial charge >= 0.3 is 0 Å². The Kier molecular flexibility index (Phi) is 4.20. The lowest BCUT2D eigenvalue weighted by Crippen LogP contribution is -2.13. The van der Waals surface area contributed by atoms with Gasteiger partial charge in [0.2, 0.25) is 0 Å². The molecule has 0 aromatic heterocycles. The Balaban J connectivity index is 1.59. The van der Waals surface area contributed by atoms with Crippen molar-refractivity contribution in [1.82, 2.24) is 0 Å². The van der Waals surface area contributed by atoms with E-state index in [1.165, 1.54) is 11.1 Å². The lowest BCUT2D eigenvalue weighted by molar-refractivity contribution is 0.0854. The molecule has 1 heterocycles. The molecule has 1 atom stereocenters. The minimum Gasteiger partial charge on any atom is -0.496 e. The first-order chi connectivity index (χ1) is 10.3. The maximum Gasteiger partial charge on any atom is 0.137 e. The summed E-state index contributed by atoms with van der Waals surface area (Å²) in [5, 5.41) is 4.24. The van der Waals surface area contributed by atoms with Gasteiger partial charge in [-0.15, -0.1) is 0 Å². The van der Waals surface area contributed by atoms with Crippen molar-refractivity contribution in [3.63, 3.8) is 0 Å². The predicted octanol–water partition coefficient (Wildman–Crippen LogP) is 3.63. The fourth-order valence-corrected chi connectivity index (χ4v) is 2.65. The SMILES string of the molecule is COc1ccccc1CC1CC(Cc2ccccc2)=NO1. The summed E-state index contributed by atoms with van der Waals surface area (Å²) in [4.78, 5) is 5.57. The van der Waals surface area contributed by atoms with Crippen molar-refractivity contribution < 1.29 is 9.57 Å². The van der Waals surface area contributed by atoms with Crippen LogP contribution >= 0.6 is 0 Å². The zero-order chi connectivity index (χ0) is 14.5. The minimum atomic E-state index is 0.111. The molecule has 0 spiro atoms. The van der Waals surface area contributed by atoms with E-state index in [1.54, 1.807) is 7.11 Å². The van der Waals surface area contributed by atoms with E-state index in [0.717, 1.165) is 30.7 Å². The smallest absolute Gasteiger partial charge is 0.137 e. The van der Waals surface area contributed by atoms with Crippen LogP contribution < -0.4 is 4.74 Å². The third kappa shape index (κ3) is 3.43. The molecule has 3 nitrogen and oxygen atoms in total. The molecule has 0 saturated carbocycles. The van der Waals surface area contributed by atoms with Crippen molar-refractivity contribution in [2.45, 2.75) is 25.4 Å². The number of hydrogen-bond donors (Lipinski definition) is 0. The van der Waals surface area contributed by atoms with Crippen LogP contribution in [0.5, 0.6) is 5.75 Å². The van der Waals surface area contributed by atoms with Crippen molar-refractivity contribution in [3.05, 3.63) is 65.7 Å². The van der Waals surface area contributed by atoms with Gasteiger partial charge in [0.15, 0.2) is 0 Å². The second kappa shape index (κ2) is 6.44. The van der Waals surface area contributed by atoms with E-state index < -0.39 is 0 Å². The maximum absolute atomic E-state index is 5.57. The molecule has 0 aliphatic carbocycles. The van der Waals surface area contributed by atoms with Crippen LogP contribution in [0.15, 0.2) is 59.8 Å². The van der Waals surface area contributed by atoms with E-state index in [0.29, 0.717) is 0 Å². The van der Waals surface area contributed by atoms with Gasteiger partial charge in [-0.2, -0.15) is 0 Å². The van der Waals surface area contributed by atoms with Crippen LogP contribution in [0.4, 0.5) is 0 Å². The summed E-state index contributed by atoms with van der Waals surface area (Å²) >= 11 is 0. The molecule has 2 aromatic rings. The first-order valence-corrected chi connectivity index (χ1v) is 7.22. The Morgan fingerprint density at radius 2 is 1.86 bits per heavy atom. The molecule has 108 valence electrons. The molecule has 0 fully saturated rings. The van der Waals surface area contributed by atoms with E-state index in [-0.39, 0.29) is 6.10 Å². The van der Waals surface area contributed by atoms with E-state index in [9.17, 15) is 0 Å². The van der Waals surface area contributed by atoms with E-state index in [1.807, 2.05) is 24.3 Å². The van der Waals surface area contributed by atoms with Gasteiger partial charge in [-0.25, -0.2) is 0 Å². The number of methoxy groups -OCH3 is 1. The number of ether oxygens (including phenoxy) is 1. The third-order valence-corrected chi connectivity index (χ3v) is 3.69. The van der Waals surface area contributed by atoms with E-state index >= 15 is 0 Å². The van der Waals surface area contributed by atoms with Gasteiger partial charge in [-0.05, 0) is 17.2 Å². The number of hydrogen-bond acceptors (Lipinski definition) is 3. The van der Waals surface area contributed by atoms with Gasteiger partial charge in [0, 0.05) is 19.3 Å². The highest BCUT2D eigenvalue weighted by molar-refractivity contribution is 5.87. The maximum atomic E-state index is 5.57. The van der Waals surface area contributed by atoms with Crippen LogP contribution in [0.1, 0.15) is 17.5 Å². The first kappa shape index (κ1) is 13.7. The van der Waals surface area contributed by atoms with Gasteiger partial charge in [-0.3, -0.25) is 0 Å². The summed E-state index contributed by atoms with van der Waals surface area (Å²) in [6.45, 7) is 0. The highest BCUT2D eigenvalue weighted by Gasteiger charge is 2.22. The standard InChI is InChI=1S/C18H19NO2/c1-20-18-10-6-5-9-15(18)12-17-13-16(19-21-17)11-14-7-3-2-4-8-14/h2-10,17H,11-13H2,1H3. The summed E-state index contributed by atoms with van der Waals surface area (Å²) in [6, 6.07) is 18.4. The van der Waals surface area contributed by atoms with Gasteiger partial charge in [0.05, 0.1) is 12.8 Å². The molecular formula is C18H19NO2. The highest BCUT2D eigenvalue weighted by Crippen LogP contribution is 2.24. The third-order valence-electron chi connectivity index (χ3n) is 3.69. The summed E-state index contributed by atoms with van der Waals surface area (Å²) in [5.74, 6) is 0.914. The van der Waals surface area contributed by atoms with E-state index in [2.05, 4.69) is 35.5 Å². The number of nitrogens with zero attached hydrogens (tertiary/aromatic N) is 1. The van der Waals surface area contributed by atoms with Gasteiger partial charge in [-0.1, -0.05) is 53.7 Å². The predicted molar refractivity (Wildman–Crippen MR) is 83.8 cm³/mol. The molecule has 1 aliphatic rings. The molecule has 3 rings (SSSR count). The largest absolute Gasteiger partial charge is 0.496 e. The molecule has 0 N–H and O–H groups in total. The first-order valence-electron chi connectivity index (χ1n) is 7.22. The lowest BCUT2D eigenvalue weighted by Gasteiger charge is -2.11. The molecule has 3 heteroatoms. The summed E-state index contributed by atoms with van der Waals surface area (Å²) in [5.41, 5.74) is 3.56. The number of rotatable bonds is 5. The summed E-state index contributed by atoms with van der Waals surface area (Å²) < 4.78 is 5.39. The second-order valence-corrected chi connectivity index (χ2v) is 5.27. The van der Waals surface area contributed by atoms with E-state index in [4.69, 9.17) is 9.57 Å². The Labute approximate surface area is 125 Å². The Hall–Kier alpha value is -2.29. The van der Waals surface area contributed by atoms with Gasteiger partial charge in [0.25, 0.3) is 0 Å². The van der Waals surface area contributed by atoms with Gasteiger partial charge < -0.3 is 9.57 Å². The van der Waals surface area contributed by atoms with Gasteiger partial charge in [0.1, 0.15) is 11.9 Å². The zero-order valence-corrected chi connectivity index (χ0v) is 12.2. The van der Waals surface area contributed by atoms with Crippen LogP contribution in [0.3, 0.4) is 0 Å². The molecule has 1 aliphatic heterocycles. The summed E-state index contributed by atoms with van der Waals surface area (Å²) in [7, 11) is 1.70. The zero-order valence-electron chi connectivity index (χ0n) is 12.2. The molecule has 0 bridgehead atoms. The second-order valence-electron chi connectivity index (χ2n) is 5.27. The Bertz CT molecular complexity index is 622. The van der Waals surface area contributed by atoms with Crippen LogP contribution in [0.2, 0.25) is 0 Å². The quantitative estimate of drug-likeness (QED) is 0.838. The average molecular weight is 281 g/mol. The topological polar surface area (TPSA) is 30.8 Å². The van der Waals surface area contributed by atoms with Crippen LogP contribution in [0.25, 0.3) is 0 Å². The molecule has 2 aromatic carbocycles. The summed E-state index contributed by atoms with van der Waals surface area (Å²) in [6.07, 6.45) is 2.68. The van der Waals surface area contributed by atoms with Crippen molar-refractivity contribution in [2.24, 2.45) is 5.16 Å². The molecule has 21 heavy (non-hydrogen) atoms. The van der Waals surface area contributed by atoms with Crippen molar-refractivity contribution in [2.75, 3.05) is 7.11 Å². The monoisotopic (exact) mass is 281 g/mol. The number of oxime groups is 1. The van der Waals surface area contributed by atoms with Crippen molar-refractivity contribution in [3.8, 4) is 5.75 Å². The molecule has 0 saturated heterocycles. The van der Waals surface area contributed by atoms with Crippen LogP contribution in [-0.2, 0) is 17.7 Å². The lowest BCUT2D eigenvalue weighted by atomic mass is 10.00.